The van der Waals surface area contributed by atoms with Crippen molar-refractivity contribution in [1.29, 1.82) is 0 Å². The average molecular weight is 110 g/mol. The summed E-state index contributed by atoms with van der Waals surface area (Å²) in [5, 5.41) is 0. The molecule has 0 saturated carbocycles. The molecule has 7 heavy (non-hydrogen) atoms. The number of ketones is 1. The second kappa shape index (κ2) is 6.34. The molecule has 3 heteroatoms. The van der Waals surface area contributed by atoms with Gasteiger partial charge >= 0.3 is 29.6 Å². The van der Waals surface area contributed by atoms with E-state index < -0.39 is 0 Å². The van der Waals surface area contributed by atoms with E-state index in [0.717, 1.165) is 0 Å². The Morgan fingerprint density at radius 1 is 1.71 bits per heavy atom. The van der Waals surface area contributed by atoms with E-state index in [9.17, 15) is 9.59 Å². The maximum absolute atomic E-state index is 9.81. The Labute approximate surface area is 64.6 Å². The van der Waals surface area contributed by atoms with Gasteiger partial charge in [-0.1, -0.05) is 6.92 Å². The Morgan fingerprint density at radius 3 is 2.14 bits per heavy atom. The van der Waals surface area contributed by atoms with Crippen LogP contribution in [0.5, 0.6) is 0 Å². The second-order valence-corrected chi connectivity index (χ2v) is 0.938. The summed E-state index contributed by atoms with van der Waals surface area (Å²) in [6.45, 7) is 1.65. The maximum atomic E-state index is 9.81. The molecule has 0 N–H and O–H groups in total. The molecule has 0 radical (unpaired) electrons. The number of hydrogen-bond acceptors (Lipinski definition) is 2. The van der Waals surface area contributed by atoms with E-state index in [1.54, 1.807) is 6.92 Å². The molecule has 0 aromatic rings. The SMILES string of the molecule is CCC(=O)C=O.[NaH]. The van der Waals surface area contributed by atoms with Crippen LogP contribution in [0.4, 0.5) is 0 Å². The Kier molecular flexibility index (Phi) is 9.37. The van der Waals surface area contributed by atoms with E-state index in [2.05, 4.69) is 0 Å². The van der Waals surface area contributed by atoms with Crippen molar-refractivity contribution in [3.05, 3.63) is 0 Å². The van der Waals surface area contributed by atoms with Crippen LogP contribution in [0.3, 0.4) is 0 Å². The number of carbonyl (C=O) groups is 2. The van der Waals surface area contributed by atoms with Gasteiger partial charge < -0.3 is 0 Å². The normalized spacial score (nSPS) is 6.43. The van der Waals surface area contributed by atoms with Gasteiger partial charge in [0.15, 0.2) is 12.1 Å². The van der Waals surface area contributed by atoms with Gasteiger partial charge in [0.1, 0.15) is 0 Å². The Hall–Kier alpha value is 0.340. The van der Waals surface area contributed by atoms with Gasteiger partial charge in [0, 0.05) is 6.42 Å². The van der Waals surface area contributed by atoms with Crippen molar-refractivity contribution in [2.45, 2.75) is 13.3 Å². The van der Waals surface area contributed by atoms with Crippen molar-refractivity contribution in [3.63, 3.8) is 0 Å². The number of aldehydes is 1. The van der Waals surface area contributed by atoms with Gasteiger partial charge in [-0.3, -0.25) is 9.59 Å². The summed E-state index contributed by atoms with van der Waals surface area (Å²) in [6.07, 6.45) is 0.656. The molecule has 0 fully saturated rings. The van der Waals surface area contributed by atoms with Crippen molar-refractivity contribution in [1.82, 2.24) is 0 Å². The fraction of sp³-hybridized carbons (Fsp3) is 0.500. The third-order valence-corrected chi connectivity index (χ3v) is 0.480. The van der Waals surface area contributed by atoms with Crippen LogP contribution >= 0.6 is 0 Å². The van der Waals surface area contributed by atoms with Crippen LogP contribution in [0.25, 0.3) is 0 Å². The van der Waals surface area contributed by atoms with Crippen LogP contribution in [-0.2, 0) is 9.59 Å². The third-order valence-electron chi connectivity index (χ3n) is 0.480. The van der Waals surface area contributed by atoms with Crippen molar-refractivity contribution in [2.75, 3.05) is 0 Å². The molecule has 0 aliphatic heterocycles. The van der Waals surface area contributed by atoms with Crippen molar-refractivity contribution < 1.29 is 9.59 Å². The molecule has 0 saturated heterocycles. The van der Waals surface area contributed by atoms with Crippen LogP contribution in [0.1, 0.15) is 13.3 Å². The van der Waals surface area contributed by atoms with E-state index in [-0.39, 0.29) is 35.3 Å². The summed E-state index contributed by atoms with van der Waals surface area (Å²) < 4.78 is 0. The molecule has 0 rings (SSSR count). The molecule has 0 aromatic heterocycles. The first-order chi connectivity index (χ1) is 2.81. The van der Waals surface area contributed by atoms with Crippen LogP contribution in [0.2, 0.25) is 0 Å². The summed E-state index contributed by atoms with van der Waals surface area (Å²) >= 11 is 0. The average Bonchev–Trinajstić information content (AvgIpc) is 1.65. The predicted octanol–water partition coefficient (Wildman–Crippen LogP) is -0.484. The second-order valence-electron chi connectivity index (χ2n) is 0.938. The number of carbonyl (C=O) groups excluding carboxylic acids is 2. The number of Topliss-reactive ketones (excluding diaryl/α,β-unsaturated/α-hetero) is 1. The van der Waals surface area contributed by atoms with Crippen molar-refractivity contribution in [2.24, 2.45) is 0 Å². The number of hydrogen-bond donors (Lipinski definition) is 0. The molecule has 0 unspecified atom stereocenters. The summed E-state index contributed by atoms with van der Waals surface area (Å²) in [7, 11) is 0. The molecule has 0 atom stereocenters. The van der Waals surface area contributed by atoms with Crippen LogP contribution in [0.15, 0.2) is 0 Å². The van der Waals surface area contributed by atoms with Crippen molar-refractivity contribution >= 4 is 41.6 Å². The standard InChI is InChI=1S/C4H6O2.Na.H/c1-2-4(6)3-5;;/h3H,2H2,1H3;;. The molecule has 0 amide bonds. The van der Waals surface area contributed by atoms with E-state index >= 15 is 0 Å². The molecule has 0 bridgehead atoms. The van der Waals surface area contributed by atoms with E-state index in [1.807, 2.05) is 0 Å². The fourth-order valence-corrected chi connectivity index (χ4v) is 0.0833. The Balaban J connectivity index is 0. The van der Waals surface area contributed by atoms with Gasteiger partial charge in [0.2, 0.25) is 0 Å². The third kappa shape index (κ3) is 6.34. The van der Waals surface area contributed by atoms with Crippen LogP contribution in [-0.4, -0.2) is 41.6 Å². The Morgan fingerprint density at radius 2 is 2.14 bits per heavy atom. The van der Waals surface area contributed by atoms with E-state index in [4.69, 9.17) is 0 Å². The fourth-order valence-electron chi connectivity index (χ4n) is 0.0833. The minimum absolute atomic E-state index is 0. The molecule has 2 nitrogen and oxygen atoms in total. The molecule has 0 aromatic carbocycles. The zero-order valence-electron chi connectivity index (χ0n) is 3.60. The van der Waals surface area contributed by atoms with Gasteiger partial charge in [0.25, 0.3) is 0 Å². The molecular formula is C4H7NaO2. The first kappa shape index (κ1) is 10.3. The summed E-state index contributed by atoms with van der Waals surface area (Å²) in [4.78, 5) is 19.2. The summed E-state index contributed by atoms with van der Waals surface area (Å²) in [5.41, 5.74) is 0. The van der Waals surface area contributed by atoms with Crippen LogP contribution < -0.4 is 0 Å². The monoisotopic (exact) mass is 110 g/mol. The van der Waals surface area contributed by atoms with Gasteiger partial charge in [-0.05, 0) is 0 Å². The summed E-state index contributed by atoms with van der Waals surface area (Å²) in [5.74, 6) is -0.338. The molecule has 0 aliphatic carbocycles. The molecule has 36 valence electrons. The van der Waals surface area contributed by atoms with Crippen molar-refractivity contribution in [3.8, 4) is 0 Å². The minimum atomic E-state index is -0.338. The van der Waals surface area contributed by atoms with E-state index in [1.165, 1.54) is 0 Å². The van der Waals surface area contributed by atoms with Gasteiger partial charge in [-0.15, -0.1) is 0 Å². The summed E-state index contributed by atoms with van der Waals surface area (Å²) in [6, 6.07) is 0. The Bertz CT molecular complexity index is 70.1. The van der Waals surface area contributed by atoms with Crippen LogP contribution in [0, 0.1) is 0 Å². The molecule has 0 aliphatic rings. The zero-order chi connectivity index (χ0) is 4.99. The predicted molar refractivity (Wildman–Crippen MR) is 28.5 cm³/mol. The quantitative estimate of drug-likeness (QED) is 0.273. The van der Waals surface area contributed by atoms with E-state index in [0.29, 0.717) is 12.7 Å². The molecular weight excluding hydrogens is 103 g/mol. The topological polar surface area (TPSA) is 34.1 Å². The number of rotatable bonds is 2. The van der Waals surface area contributed by atoms with Gasteiger partial charge in [-0.2, -0.15) is 0 Å². The van der Waals surface area contributed by atoms with Gasteiger partial charge in [-0.25, -0.2) is 0 Å². The molecule has 0 spiro atoms. The molecule has 0 heterocycles. The first-order valence-corrected chi connectivity index (χ1v) is 1.79. The zero-order valence-corrected chi connectivity index (χ0v) is 3.60. The van der Waals surface area contributed by atoms with Gasteiger partial charge in [0.05, 0.1) is 0 Å². The first-order valence-electron chi connectivity index (χ1n) is 1.79.